The van der Waals surface area contributed by atoms with Gasteiger partial charge in [0.2, 0.25) is 5.91 Å². The molecule has 5 heteroatoms. The number of benzene rings is 2. The van der Waals surface area contributed by atoms with Crippen LogP contribution >= 0.6 is 11.6 Å². The van der Waals surface area contributed by atoms with Crippen LogP contribution < -0.4 is 5.32 Å². The topological polar surface area (TPSA) is 55.4 Å². The van der Waals surface area contributed by atoms with E-state index in [9.17, 15) is 9.59 Å². The molecule has 2 aromatic carbocycles. The lowest BCUT2D eigenvalue weighted by molar-refractivity contribution is -0.147. The molecule has 0 saturated carbocycles. The molecule has 1 N–H and O–H groups in total. The number of esters is 1. The van der Waals surface area contributed by atoms with E-state index in [0.717, 1.165) is 11.1 Å². The molecule has 0 aliphatic heterocycles. The van der Waals surface area contributed by atoms with Gasteiger partial charge in [-0.05, 0) is 30.2 Å². The zero-order chi connectivity index (χ0) is 17.4. The zero-order valence-electron chi connectivity index (χ0n) is 13.5. The van der Waals surface area contributed by atoms with E-state index in [2.05, 4.69) is 5.32 Å². The van der Waals surface area contributed by atoms with Crippen molar-refractivity contribution in [2.75, 3.05) is 6.61 Å². The van der Waals surface area contributed by atoms with E-state index < -0.39 is 12.0 Å². The van der Waals surface area contributed by atoms with E-state index in [0.29, 0.717) is 11.4 Å². The molecular weight excluding hydrogens is 326 g/mol. The van der Waals surface area contributed by atoms with Crippen LogP contribution in [0.15, 0.2) is 54.6 Å². The molecule has 0 aliphatic carbocycles. The summed E-state index contributed by atoms with van der Waals surface area (Å²) in [6, 6.07) is 15.9. The van der Waals surface area contributed by atoms with Crippen molar-refractivity contribution in [3.8, 4) is 0 Å². The minimum Gasteiger partial charge on any atom is -0.464 e. The molecule has 2 aromatic rings. The number of hydrogen-bond acceptors (Lipinski definition) is 3. The second-order valence-corrected chi connectivity index (χ2v) is 5.80. The average molecular weight is 346 g/mol. The third kappa shape index (κ3) is 5.70. The summed E-state index contributed by atoms with van der Waals surface area (Å²) in [7, 11) is 0. The zero-order valence-corrected chi connectivity index (χ0v) is 14.3. The first kappa shape index (κ1) is 18.0. The summed E-state index contributed by atoms with van der Waals surface area (Å²) in [5.41, 5.74) is 1.79. The first-order chi connectivity index (χ1) is 11.6. The summed E-state index contributed by atoms with van der Waals surface area (Å²) in [6.45, 7) is 2.02. The van der Waals surface area contributed by atoms with Crippen molar-refractivity contribution in [2.45, 2.75) is 25.8 Å². The maximum Gasteiger partial charge on any atom is 0.328 e. The lowest BCUT2D eigenvalue weighted by Crippen LogP contribution is -2.44. The Balaban J connectivity index is 2.02. The second kappa shape index (κ2) is 9.08. The standard InChI is InChI=1S/C19H20ClNO3/c1-2-24-19(23)17(12-14-6-4-3-5-7-14)21-18(22)13-15-8-10-16(20)11-9-15/h3-11,17H,2,12-13H2,1H3,(H,21,22)/t17-/m0/s1. The summed E-state index contributed by atoms with van der Waals surface area (Å²) < 4.78 is 5.07. The molecule has 0 saturated heterocycles. The first-order valence-corrected chi connectivity index (χ1v) is 8.20. The van der Waals surface area contributed by atoms with Gasteiger partial charge in [-0.2, -0.15) is 0 Å². The maximum atomic E-state index is 12.3. The Bertz CT molecular complexity index is 671. The van der Waals surface area contributed by atoms with Crippen LogP contribution in [0.25, 0.3) is 0 Å². The van der Waals surface area contributed by atoms with Gasteiger partial charge in [-0.3, -0.25) is 4.79 Å². The van der Waals surface area contributed by atoms with E-state index in [-0.39, 0.29) is 18.9 Å². The molecule has 0 aliphatic rings. The third-order valence-electron chi connectivity index (χ3n) is 3.47. The quantitative estimate of drug-likeness (QED) is 0.784. The molecular formula is C19H20ClNO3. The van der Waals surface area contributed by atoms with Crippen LogP contribution in [-0.4, -0.2) is 24.5 Å². The summed E-state index contributed by atoms with van der Waals surface area (Å²) in [6.07, 6.45) is 0.577. The van der Waals surface area contributed by atoms with Crippen LogP contribution in [-0.2, 0) is 27.2 Å². The van der Waals surface area contributed by atoms with E-state index in [1.807, 2.05) is 30.3 Å². The molecule has 2 rings (SSSR count). The molecule has 0 radical (unpaired) electrons. The molecule has 1 atom stereocenters. The van der Waals surface area contributed by atoms with Crippen LogP contribution in [0.2, 0.25) is 5.02 Å². The molecule has 0 unspecified atom stereocenters. The Kier molecular flexibility index (Phi) is 6.82. The van der Waals surface area contributed by atoms with E-state index >= 15 is 0 Å². The highest BCUT2D eigenvalue weighted by Crippen LogP contribution is 2.10. The van der Waals surface area contributed by atoms with Crippen molar-refractivity contribution in [3.05, 3.63) is 70.7 Å². The fraction of sp³-hybridized carbons (Fsp3) is 0.263. The van der Waals surface area contributed by atoms with Crippen molar-refractivity contribution in [2.24, 2.45) is 0 Å². The summed E-state index contributed by atoms with van der Waals surface area (Å²) >= 11 is 5.84. The molecule has 126 valence electrons. The monoisotopic (exact) mass is 345 g/mol. The van der Waals surface area contributed by atoms with Gasteiger partial charge in [0, 0.05) is 11.4 Å². The highest BCUT2D eigenvalue weighted by molar-refractivity contribution is 6.30. The maximum absolute atomic E-state index is 12.3. The Labute approximate surface area is 146 Å². The van der Waals surface area contributed by atoms with Crippen molar-refractivity contribution in [3.63, 3.8) is 0 Å². The van der Waals surface area contributed by atoms with Gasteiger partial charge in [-0.15, -0.1) is 0 Å². The van der Waals surface area contributed by atoms with E-state index in [1.54, 1.807) is 31.2 Å². The Morgan fingerprint density at radius 2 is 1.71 bits per heavy atom. The molecule has 0 heterocycles. The number of nitrogens with one attached hydrogen (secondary N) is 1. The normalized spacial score (nSPS) is 11.6. The predicted molar refractivity (Wildman–Crippen MR) is 93.9 cm³/mol. The molecule has 4 nitrogen and oxygen atoms in total. The van der Waals surface area contributed by atoms with Crippen molar-refractivity contribution >= 4 is 23.5 Å². The molecule has 0 fully saturated rings. The third-order valence-corrected chi connectivity index (χ3v) is 3.72. The lowest BCUT2D eigenvalue weighted by atomic mass is 10.1. The largest absolute Gasteiger partial charge is 0.464 e. The van der Waals surface area contributed by atoms with E-state index in [1.165, 1.54) is 0 Å². The van der Waals surface area contributed by atoms with Gasteiger partial charge >= 0.3 is 5.97 Å². The van der Waals surface area contributed by atoms with Crippen LogP contribution in [0.1, 0.15) is 18.1 Å². The number of amides is 1. The minimum atomic E-state index is -0.702. The SMILES string of the molecule is CCOC(=O)[C@H](Cc1ccccc1)NC(=O)Cc1ccc(Cl)cc1. The van der Waals surface area contributed by atoms with Gasteiger partial charge in [-0.1, -0.05) is 54.1 Å². The molecule has 1 amide bonds. The highest BCUT2D eigenvalue weighted by atomic mass is 35.5. The van der Waals surface area contributed by atoms with Crippen LogP contribution in [0.4, 0.5) is 0 Å². The van der Waals surface area contributed by atoms with Crippen molar-refractivity contribution < 1.29 is 14.3 Å². The van der Waals surface area contributed by atoms with Crippen LogP contribution in [0.5, 0.6) is 0 Å². The van der Waals surface area contributed by atoms with Gasteiger partial charge < -0.3 is 10.1 Å². The van der Waals surface area contributed by atoms with Gasteiger partial charge in [0.25, 0.3) is 0 Å². The number of halogens is 1. The Morgan fingerprint density at radius 3 is 2.33 bits per heavy atom. The average Bonchev–Trinajstić information content (AvgIpc) is 2.57. The first-order valence-electron chi connectivity index (χ1n) is 7.83. The van der Waals surface area contributed by atoms with Gasteiger partial charge in [0.1, 0.15) is 6.04 Å². The fourth-order valence-corrected chi connectivity index (χ4v) is 2.44. The molecule has 0 aromatic heterocycles. The number of hydrogen-bond donors (Lipinski definition) is 1. The Morgan fingerprint density at radius 1 is 1.04 bits per heavy atom. The summed E-state index contributed by atoms with van der Waals surface area (Å²) in [5, 5.41) is 3.38. The molecule has 0 bridgehead atoms. The van der Waals surface area contributed by atoms with Crippen LogP contribution in [0, 0.1) is 0 Å². The van der Waals surface area contributed by atoms with Crippen LogP contribution in [0.3, 0.4) is 0 Å². The summed E-state index contributed by atoms with van der Waals surface area (Å²) in [4.78, 5) is 24.4. The number of carbonyl (C=O) groups is 2. The van der Waals surface area contributed by atoms with Crippen molar-refractivity contribution in [1.82, 2.24) is 5.32 Å². The number of carbonyl (C=O) groups excluding carboxylic acids is 2. The number of rotatable bonds is 7. The fourth-order valence-electron chi connectivity index (χ4n) is 2.32. The van der Waals surface area contributed by atoms with E-state index in [4.69, 9.17) is 16.3 Å². The van der Waals surface area contributed by atoms with Gasteiger partial charge in [0.15, 0.2) is 0 Å². The highest BCUT2D eigenvalue weighted by Gasteiger charge is 2.22. The van der Waals surface area contributed by atoms with Gasteiger partial charge in [0.05, 0.1) is 13.0 Å². The molecule has 24 heavy (non-hydrogen) atoms. The minimum absolute atomic E-state index is 0.182. The second-order valence-electron chi connectivity index (χ2n) is 5.37. The summed E-state index contributed by atoms with van der Waals surface area (Å²) in [5.74, 6) is -0.655. The molecule has 0 spiro atoms. The number of ether oxygens (including phenoxy) is 1. The predicted octanol–water partition coefficient (Wildman–Crippen LogP) is 3.17. The Hall–Kier alpha value is -2.33. The lowest BCUT2D eigenvalue weighted by Gasteiger charge is -2.17. The smallest absolute Gasteiger partial charge is 0.328 e. The van der Waals surface area contributed by atoms with Crippen molar-refractivity contribution in [1.29, 1.82) is 0 Å². The van der Waals surface area contributed by atoms with Gasteiger partial charge in [-0.25, -0.2) is 4.79 Å².